The van der Waals surface area contributed by atoms with Crippen molar-refractivity contribution < 1.29 is 18.7 Å². The molecule has 0 atom stereocenters. The normalized spacial score (nSPS) is 10.9. The predicted molar refractivity (Wildman–Crippen MR) is 103 cm³/mol. The first-order chi connectivity index (χ1) is 13.6. The molecule has 4 rings (SSSR count). The molecular formula is C20H16N2O5S. The molecule has 0 aliphatic rings. The third-order valence-electron chi connectivity index (χ3n) is 3.97. The molecule has 0 bridgehead atoms. The largest absolute Gasteiger partial charge is 0.486 e. The molecule has 1 aromatic carbocycles. The van der Waals surface area contributed by atoms with Gasteiger partial charge in [-0.15, -0.1) is 11.3 Å². The van der Waals surface area contributed by atoms with E-state index in [-0.39, 0.29) is 24.5 Å². The van der Waals surface area contributed by atoms with Gasteiger partial charge in [-0.1, -0.05) is 18.2 Å². The van der Waals surface area contributed by atoms with Crippen molar-refractivity contribution >= 4 is 22.3 Å². The van der Waals surface area contributed by atoms with E-state index in [1.807, 2.05) is 42.6 Å². The minimum Gasteiger partial charge on any atom is -0.486 e. The topological polar surface area (TPSA) is 83.0 Å². The van der Waals surface area contributed by atoms with Gasteiger partial charge in [-0.25, -0.2) is 9.78 Å². The van der Waals surface area contributed by atoms with Crippen LogP contribution < -0.4 is 10.3 Å². The van der Waals surface area contributed by atoms with Crippen molar-refractivity contribution in [2.24, 2.45) is 0 Å². The lowest BCUT2D eigenvalue weighted by atomic mass is 10.3. The van der Waals surface area contributed by atoms with Crippen LogP contribution in [0.3, 0.4) is 0 Å². The molecule has 0 fully saturated rings. The van der Waals surface area contributed by atoms with Gasteiger partial charge in [0.2, 0.25) is 5.76 Å². The Labute approximate surface area is 163 Å². The van der Waals surface area contributed by atoms with Crippen LogP contribution in [-0.4, -0.2) is 15.4 Å². The average Bonchev–Trinajstić information content (AvgIpc) is 3.32. The molecule has 0 N–H and O–H groups in total. The summed E-state index contributed by atoms with van der Waals surface area (Å²) in [6.07, 6.45) is 0. The number of ether oxygens (including phenoxy) is 2. The lowest BCUT2D eigenvalue weighted by Crippen LogP contribution is -2.16. The van der Waals surface area contributed by atoms with Crippen molar-refractivity contribution in [3.8, 4) is 5.75 Å². The number of thiazole rings is 1. The number of hydrogen-bond donors (Lipinski definition) is 0. The maximum absolute atomic E-state index is 12.2. The van der Waals surface area contributed by atoms with Crippen LogP contribution in [-0.2, 0) is 18.0 Å². The van der Waals surface area contributed by atoms with E-state index in [0.717, 1.165) is 5.69 Å². The number of rotatable bonds is 6. The lowest BCUT2D eigenvalue weighted by Gasteiger charge is -2.04. The molecule has 0 aliphatic heterocycles. The van der Waals surface area contributed by atoms with Gasteiger partial charge in [-0.3, -0.25) is 9.20 Å². The Morgan fingerprint density at radius 3 is 2.82 bits per heavy atom. The van der Waals surface area contributed by atoms with Gasteiger partial charge in [0.25, 0.3) is 5.56 Å². The molecule has 3 heterocycles. The second-order valence-electron chi connectivity index (χ2n) is 6.02. The van der Waals surface area contributed by atoms with Gasteiger partial charge in [0.05, 0.1) is 5.69 Å². The molecule has 28 heavy (non-hydrogen) atoms. The van der Waals surface area contributed by atoms with E-state index in [9.17, 15) is 9.59 Å². The zero-order valence-electron chi connectivity index (χ0n) is 15.0. The Morgan fingerprint density at radius 1 is 1.18 bits per heavy atom. The van der Waals surface area contributed by atoms with Crippen LogP contribution in [0.1, 0.15) is 27.7 Å². The van der Waals surface area contributed by atoms with E-state index < -0.39 is 5.97 Å². The molecule has 0 radical (unpaired) electrons. The highest BCUT2D eigenvalue weighted by Crippen LogP contribution is 2.16. The minimum absolute atomic E-state index is 0.0661. The van der Waals surface area contributed by atoms with Crippen LogP contribution in [0.5, 0.6) is 5.75 Å². The van der Waals surface area contributed by atoms with E-state index in [1.165, 1.54) is 27.9 Å². The summed E-state index contributed by atoms with van der Waals surface area (Å²) >= 11 is 1.36. The second kappa shape index (κ2) is 7.69. The van der Waals surface area contributed by atoms with Crippen molar-refractivity contribution in [2.45, 2.75) is 20.1 Å². The fourth-order valence-corrected chi connectivity index (χ4v) is 3.51. The number of carbonyl (C=O) groups excluding carboxylic acids is 1. The smallest absolute Gasteiger partial charge is 0.374 e. The van der Waals surface area contributed by atoms with Crippen LogP contribution in [0.15, 0.2) is 63.1 Å². The van der Waals surface area contributed by atoms with Crippen LogP contribution in [0.4, 0.5) is 0 Å². The fourth-order valence-electron chi connectivity index (χ4n) is 2.62. The monoisotopic (exact) mass is 396 g/mol. The number of para-hydroxylation sites is 1. The number of benzene rings is 1. The van der Waals surface area contributed by atoms with Gasteiger partial charge in [-0.05, 0) is 31.2 Å². The fraction of sp³-hybridized carbons (Fsp3) is 0.150. The van der Waals surface area contributed by atoms with Crippen LogP contribution in [0.2, 0.25) is 0 Å². The Kier molecular flexibility index (Phi) is 4.94. The first kappa shape index (κ1) is 18.0. The highest BCUT2D eigenvalue weighted by molar-refractivity contribution is 7.15. The van der Waals surface area contributed by atoms with Crippen molar-refractivity contribution in [2.75, 3.05) is 0 Å². The average molecular weight is 396 g/mol. The summed E-state index contributed by atoms with van der Waals surface area (Å²) in [5, 5.41) is 1.85. The van der Waals surface area contributed by atoms with E-state index >= 15 is 0 Å². The molecule has 0 saturated carbocycles. The first-order valence-corrected chi connectivity index (χ1v) is 9.38. The number of hydrogen-bond acceptors (Lipinski definition) is 7. The lowest BCUT2D eigenvalue weighted by molar-refractivity contribution is 0.0427. The minimum atomic E-state index is -0.629. The summed E-state index contributed by atoms with van der Waals surface area (Å²) in [4.78, 5) is 29.2. The van der Waals surface area contributed by atoms with Crippen molar-refractivity contribution in [3.05, 3.63) is 87.2 Å². The number of aryl methyl sites for hydroxylation is 1. The standard InChI is InChI=1S/C20H16N2O5S/c1-13-12-28-20-21-14(9-18(23)22(13)20)10-26-19(24)17-8-7-16(27-17)11-25-15-5-3-2-4-6-15/h2-9,12H,10-11H2,1H3. The highest BCUT2D eigenvalue weighted by Gasteiger charge is 2.15. The zero-order chi connectivity index (χ0) is 19.5. The highest BCUT2D eigenvalue weighted by atomic mass is 32.1. The number of aromatic nitrogens is 2. The molecular weight excluding hydrogens is 380 g/mol. The number of esters is 1. The second-order valence-corrected chi connectivity index (χ2v) is 6.86. The third kappa shape index (κ3) is 3.81. The van der Waals surface area contributed by atoms with E-state index in [2.05, 4.69) is 4.98 Å². The number of nitrogens with zero attached hydrogens (tertiary/aromatic N) is 2. The molecule has 7 nitrogen and oxygen atoms in total. The van der Waals surface area contributed by atoms with Crippen LogP contribution in [0.25, 0.3) is 4.96 Å². The van der Waals surface area contributed by atoms with Gasteiger partial charge >= 0.3 is 5.97 Å². The van der Waals surface area contributed by atoms with Crippen molar-refractivity contribution in [3.63, 3.8) is 0 Å². The van der Waals surface area contributed by atoms with Gasteiger partial charge in [-0.2, -0.15) is 0 Å². The molecule has 0 amide bonds. The summed E-state index contributed by atoms with van der Waals surface area (Å²) in [5.41, 5.74) is 1.01. The van der Waals surface area contributed by atoms with E-state index in [0.29, 0.717) is 22.2 Å². The Bertz CT molecular complexity index is 1180. The molecule has 0 unspecified atom stereocenters. The van der Waals surface area contributed by atoms with Gasteiger partial charge < -0.3 is 13.9 Å². The van der Waals surface area contributed by atoms with Gasteiger partial charge in [0, 0.05) is 17.1 Å². The molecule has 0 saturated heterocycles. The number of carbonyl (C=O) groups is 1. The van der Waals surface area contributed by atoms with Crippen molar-refractivity contribution in [1.29, 1.82) is 0 Å². The molecule has 3 aromatic heterocycles. The Balaban J connectivity index is 1.38. The Hall–Kier alpha value is -3.39. The first-order valence-electron chi connectivity index (χ1n) is 8.50. The van der Waals surface area contributed by atoms with Crippen LogP contribution in [0, 0.1) is 6.92 Å². The van der Waals surface area contributed by atoms with E-state index in [1.54, 1.807) is 6.07 Å². The number of fused-ring (bicyclic) bond motifs is 1. The molecule has 4 aromatic rings. The molecule has 142 valence electrons. The van der Waals surface area contributed by atoms with Crippen molar-refractivity contribution in [1.82, 2.24) is 9.38 Å². The quantitative estimate of drug-likeness (QED) is 0.463. The maximum Gasteiger partial charge on any atom is 0.374 e. The summed E-state index contributed by atoms with van der Waals surface area (Å²) in [7, 11) is 0. The summed E-state index contributed by atoms with van der Waals surface area (Å²) in [5.74, 6) is 0.647. The maximum atomic E-state index is 12.2. The summed E-state index contributed by atoms with van der Waals surface area (Å²) in [6.45, 7) is 1.92. The zero-order valence-corrected chi connectivity index (χ0v) is 15.8. The van der Waals surface area contributed by atoms with Crippen LogP contribution >= 0.6 is 11.3 Å². The van der Waals surface area contributed by atoms with Gasteiger partial charge in [0.15, 0.2) is 4.96 Å². The summed E-state index contributed by atoms with van der Waals surface area (Å²) < 4.78 is 17.8. The molecule has 0 aliphatic carbocycles. The predicted octanol–water partition coefficient (Wildman–Crippen LogP) is 3.59. The Morgan fingerprint density at radius 2 is 2.00 bits per heavy atom. The van der Waals surface area contributed by atoms with E-state index in [4.69, 9.17) is 13.9 Å². The summed E-state index contributed by atoms with van der Waals surface area (Å²) in [6, 6.07) is 13.9. The van der Waals surface area contributed by atoms with Gasteiger partial charge in [0.1, 0.15) is 24.7 Å². The molecule has 0 spiro atoms. The molecule has 8 heteroatoms. The third-order valence-corrected chi connectivity index (χ3v) is 4.91. The number of furan rings is 1. The SMILES string of the molecule is Cc1csc2nc(COC(=O)c3ccc(COc4ccccc4)o3)cc(=O)n12.